The molecule has 3 rings (SSSR count). The van der Waals surface area contributed by atoms with Gasteiger partial charge >= 0.3 is 0 Å². The summed E-state index contributed by atoms with van der Waals surface area (Å²) in [7, 11) is 1.71. The van der Waals surface area contributed by atoms with Crippen LogP contribution < -0.4 is 10.1 Å². The maximum atomic E-state index is 5.35. The van der Waals surface area contributed by atoms with Crippen molar-refractivity contribution in [3.63, 3.8) is 0 Å². The van der Waals surface area contributed by atoms with Crippen LogP contribution in [-0.4, -0.2) is 7.11 Å². The smallest absolute Gasteiger partial charge is 0.123 e. The fraction of sp³-hybridized carbons (Fsp3) is 0.143. The van der Waals surface area contributed by atoms with Crippen molar-refractivity contribution in [3.8, 4) is 5.75 Å². The number of anilines is 2. The number of ether oxygens (including phenoxy) is 1. The SMILES string of the molecule is COc1cc2c(cc1C)Sc1ccccc1N2. The molecule has 1 aliphatic rings. The Hall–Kier alpha value is -1.61. The summed E-state index contributed by atoms with van der Waals surface area (Å²) in [4.78, 5) is 2.52. The molecule has 0 spiro atoms. The van der Waals surface area contributed by atoms with Crippen LogP contribution in [0, 0.1) is 6.92 Å². The van der Waals surface area contributed by atoms with Crippen LogP contribution in [-0.2, 0) is 0 Å². The second-order valence-corrected chi connectivity index (χ2v) is 5.12. The van der Waals surface area contributed by atoms with Crippen molar-refractivity contribution in [1.29, 1.82) is 0 Å². The molecule has 0 unspecified atom stereocenters. The van der Waals surface area contributed by atoms with Gasteiger partial charge in [0.15, 0.2) is 0 Å². The number of fused-ring (bicyclic) bond motifs is 2. The van der Waals surface area contributed by atoms with Crippen LogP contribution in [0.5, 0.6) is 5.75 Å². The number of hydrogen-bond donors (Lipinski definition) is 1. The van der Waals surface area contributed by atoms with Gasteiger partial charge in [-0.2, -0.15) is 0 Å². The number of hydrogen-bond acceptors (Lipinski definition) is 3. The lowest BCUT2D eigenvalue weighted by molar-refractivity contribution is 0.411. The Morgan fingerprint density at radius 1 is 1.06 bits per heavy atom. The van der Waals surface area contributed by atoms with Crippen LogP contribution in [0.1, 0.15) is 5.56 Å². The Bertz CT molecular complexity index is 580. The molecule has 0 saturated carbocycles. The zero-order valence-corrected chi connectivity index (χ0v) is 10.6. The largest absolute Gasteiger partial charge is 0.496 e. The summed E-state index contributed by atoms with van der Waals surface area (Å²) >= 11 is 1.80. The first-order valence-corrected chi connectivity index (χ1v) is 6.32. The summed E-state index contributed by atoms with van der Waals surface area (Å²) in [6.45, 7) is 2.07. The Morgan fingerprint density at radius 2 is 1.88 bits per heavy atom. The van der Waals surface area contributed by atoms with Gasteiger partial charge in [0.2, 0.25) is 0 Å². The van der Waals surface area contributed by atoms with Crippen LogP contribution in [0.15, 0.2) is 46.2 Å². The van der Waals surface area contributed by atoms with Crippen LogP contribution in [0.25, 0.3) is 0 Å². The van der Waals surface area contributed by atoms with Gasteiger partial charge in [-0.1, -0.05) is 23.9 Å². The van der Waals surface area contributed by atoms with E-state index in [1.54, 1.807) is 18.9 Å². The third-order valence-corrected chi connectivity index (χ3v) is 4.01. The van der Waals surface area contributed by atoms with Crippen LogP contribution in [0.4, 0.5) is 11.4 Å². The molecule has 0 bridgehead atoms. The topological polar surface area (TPSA) is 21.3 Å². The number of rotatable bonds is 1. The van der Waals surface area contributed by atoms with Gasteiger partial charge in [0.05, 0.1) is 18.5 Å². The molecule has 2 aromatic rings. The molecule has 1 aliphatic heterocycles. The van der Waals surface area contributed by atoms with Gasteiger partial charge in [0, 0.05) is 15.9 Å². The van der Waals surface area contributed by atoms with Gasteiger partial charge < -0.3 is 10.1 Å². The van der Waals surface area contributed by atoms with E-state index in [2.05, 4.69) is 42.6 Å². The van der Waals surface area contributed by atoms with E-state index in [0.717, 1.165) is 17.1 Å². The van der Waals surface area contributed by atoms with Crippen LogP contribution >= 0.6 is 11.8 Å². The predicted octanol–water partition coefficient (Wildman–Crippen LogP) is 4.21. The van der Waals surface area contributed by atoms with Crippen molar-refractivity contribution < 1.29 is 4.74 Å². The molecular formula is C14H13NOS. The van der Waals surface area contributed by atoms with Crippen molar-refractivity contribution in [3.05, 3.63) is 42.0 Å². The van der Waals surface area contributed by atoms with Gasteiger partial charge in [-0.25, -0.2) is 0 Å². The van der Waals surface area contributed by atoms with Crippen LogP contribution in [0.2, 0.25) is 0 Å². The maximum absolute atomic E-state index is 5.35. The molecule has 0 aliphatic carbocycles. The lowest BCUT2D eigenvalue weighted by atomic mass is 10.2. The molecular weight excluding hydrogens is 230 g/mol. The zero-order chi connectivity index (χ0) is 11.8. The first kappa shape index (κ1) is 10.5. The van der Waals surface area contributed by atoms with Gasteiger partial charge in [-0.05, 0) is 30.7 Å². The van der Waals surface area contributed by atoms with Crippen molar-refractivity contribution in [1.82, 2.24) is 0 Å². The normalized spacial score (nSPS) is 12.4. The summed E-state index contributed by atoms with van der Waals surface area (Å²) in [5.41, 5.74) is 3.45. The van der Waals surface area contributed by atoms with Gasteiger partial charge in [-0.15, -0.1) is 0 Å². The van der Waals surface area contributed by atoms with Crippen molar-refractivity contribution in [2.45, 2.75) is 16.7 Å². The molecule has 1 N–H and O–H groups in total. The zero-order valence-electron chi connectivity index (χ0n) is 9.78. The Morgan fingerprint density at radius 3 is 2.71 bits per heavy atom. The molecule has 0 amide bonds. The molecule has 0 aromatic heterocycles. The second kappa shape index (κ2) is 4.00. The summed E-state index contributed by atoms with van der Waals surface area (Å²) in [6, 6.07) is 12.6. The highest BCUT2D eigenvalue weighted by molar-refractivity contribution is 7.99. The van der Waals surface area contributed by atoms with E-state index in [4.69, 9.17) is 4.74 Å². The molecule has 0 saturated heterocycles. The van der Waals surface area contributed by atoms with Gasteiger partial charge in [0.1, 0.15) is 5.75 Å². The van der Waals surface area contributed by atoms with Crippen molar-refractivity contribution in [2.24, 2.45) is 0 Å². The van der Waals surface area contributed by atoms with Gasteiger partial charge in [-0.3, -0.25) is 0 Å². The Labute approximate surface area is 105 Å². The molecule has 0 atom stereocenters. The van der Waals surface area contributed by atoms with Gasteiger partial charge in [0.25, 0.3) is 0 Å². The summed E-state index contributed by atoms with van der Waals surface area (Å²) in [6.07, 6.45) is 0. The quantitative estimate of drug-likeness (QED) is 0.691. The van der Waals surface area contributed by atoms with E-state index in [-0.39, 0.29) is 0 Å². The van der Waals surface area contributed by atoms with E-state index < -0.39 is 0 Å². The lowest BCUT2D eigenvalue weighted by Crippen LogP contribution is -2.00. The van der Waals surface area contributed by atoms with E-state index in [1.807, 2.05) is 6.07 Å². The Kier molecular flexibility index (Phi) is 2.48. The molecule has 2 aromatic carbocycles. The van der Waals surface area contributed by atoms with E-state index >= 15 is 0 Å². The number of benzene rings is 2. The highest BCUT2D eigenvalue weighted by atomic mass is 32.2. The fourth-order valence-corrected chi connectivity index (χ4v) is 3.05. The molecule has 1 heterocycles. The first-order valence-electron chi connectivity index (χ1n) is 5.50. The number of aryl methyl sites for hydroxylation is 1. The summed E-state index contributed by atoms with van der Waals surface area (Å²) < 4.78 is 5.35. The minimum Gasteiger partial charge on any atom is -0.496 e. The second-order valence-electron chi connectivity index (χ2n) is 4.04. The highest BCUT2D eigenvalue weighted by Gasteiger charge is 2.16. The Balaban J connectivity index is 2.09. The average molecular weight is 243 g/mol. The standard InChI is InChI=1S/C14H13NOS/c1-9-7-14-11(8-12(9)16-2)15-10-5-3-4-6-13(10)17-14/h3-8,15H,1-2H3. The summed E-state index contributed by atoms with van der Waals surface area (Å²) in [5, 5.41) is 3.44. The molecule has 0 fully saturated rings. The van der Waals surface area contributed by atoms with E-state index in [1.165, 1.54) is 15.4 Å². The lowest BCUT2D eigenvalue weighted by Gasteiger charge is -2.22. The van der Waals surface area contributed by atoms with Crippen molar-refractivity contribution in [2.75, 3.05) is 12.4 Å². The third-order valence-electron chi connectivity index (χ3n) is 2.87. The summed E-state index contributed by atoms with van der Waals surface area (Å²) in [5.74, 6) is 0.927. The average Bonchev–Trinajstić information content (AvgIpc) is 2.35. The maximum Gasteiger partial charge on any atom is 0.123 e. The third kappa shape index (κ3) is 1.76. The first-order chi connectivity index (χ1) is 8.28. The molecule has 3 heteroatoms. The minimum atomic E-state index is 0.927. The van der Waals surface area contributed by atoms with E-state index in [9.17, 15) is 0 Å². The number of nitrogens with one attached hydrogen (secondary N) is 1. The van der Waals surface area contributed by atoms with E-state index in [0.29, 0.717) is 0 Å². The fourth-order valence-electron chi connectivity index (χ4n) is 1.99. The minimum absolute atomic E-state index is 0.927. The highest BCUT2D eigenvalue weighted by Crippen LogP contribution is 2.45. The molecule has 17 heavy (non-hydrogen) atoms. The predicted molar refractivity (Wildman–Crippen MR) is 71.6 cm³/mol. The molecule has 86 valence electrons. The number of para-hydroxylation sites is 1. The van der Waals surface area contributed by atoms with Crippen LogP contribution in [0.3, 0.4) is 0 Å². The molecule has 2 nitrogen and oxygen atoms in total. The monoisotopic (exact) mass is 243 g/mol. The number of methoxy groups -OCH3 is 1. The molecule has 0 radical (unpaired) electrons. The van der Waals surface area contributed by atoms with Crippen molar-refractivity contribution >= 4 is 23.1 Å².